The molecule has 1 aromatic heterocycles. The summed E-state index contributed by atoms with van der Waals surface area (Å²) in [5.41, 5.74) is 0.787. The van der Waals surface area contributed by atoms with Crippen molar-refractivity contribution >= 4 is 17.5 Å². The Hall–Kier alpha value is -3.75. The van der Waals surface area contributed by atoms with Crippen LogP contribution in [0.2, 0.25) is 0 Å². The van der Waals surface area contributed by atoms with E-state index in [1.165, 1.54) is 36.2 Å². The maximum atomic E-state index is 13.6. The molecule has 0 spiro atoms. The first-order valence-corrected chi connectivity index (χ1v) is 8.59. The van der Waals surface area contributed by atoms with E-state index >= 15 is 0 Å². The van der Waals surface area contributed by atoms with Gasteiger partial charge >= 0.3 is 0 Å². The summed E-state index contributed by atoms with van der Waals surface area (Å²) < 4.78 is 33.8. The first-order chi connectivity index (χ1) is 13.9. The Morgan fingerprint density at radius 3 is 2.34 bits per heavy atom. The Balaban J connectivity index is 1.63. The van der Waals surface area contributed by atoms with Crippen molar-refractivity contribution in [1.29, 1.82) is 0 Å². The third kappa shape index (κ3) is 4.57. The lowest BCUT2D eigenvalue weighted by atomic mass is 10.1. The molecule has 0 aliphatic heterocycles. The number of aromatic nitrogens is 2. The number of anilines is 1. The van der Waals surface area contributed by atoms with Crippen LogP contribution in [0.1, 0.15) is 26.3 Å². The van der Waals surface area contributed by atoms with Gasteiger partial charge in [0.25, 0.3) is 11.8 Å². The van der Waals surface area contributed by atoms with E-state index in [0.717, 1.165) is 12.1 Å². The third-order valence-electron chi connectivity index (χ3n) is 4.13. The molecule has 3 aromatic rings. The number of aryl methyl sites for hydroxylation is 1. The Morgan fingerprint density at radius 2 is 1.72 bits per heavy atom. The number of amides is 2. The summed E-state index contributed by atoms with van der Waals surface area (Å²) in [6.45, 7) is -0.281. The van der Waals surface area contributed by atoms with Crippen molar-refractivity contribution in [2.24, 2.45) is 7.05 Å². The SMILES string of the molecule is COc1nn(C)cc1C(=O)Nc1ccc(C(=O)NCc2c(F)cccc2F)cc1. The highest BCUT2D eigenvalue weighted by atomic mass is 19.1. The molecule has 0 aliphatic carbocycles. The molecule has 0 aliphatic rings. The van der Waals surface area contributed by atoms with Crippen LogP contribution < -0.4 is 15.4 Å². The number of nitrogens with zero attached hydrogens (tertiary/aromatic N) is 2. The summed E-state index contributed by atoms with van der Waals surface area (Å²) in [4.78, 5) is 24.6. The normalized spacial score (nSPS) is 10.5. The van der Waals surface area contributed by atoms with Crippen molar-refractivity contribution in [3.05, 3.63) is 77.0 Å². The Kier molecular flexibility index (Phi) is 5.87. The molecule has 0 bridgehead atoms. The molecule has 0 saturated carbocycles. The van der Waals surface area contributed by atoms with E-state index in [-0.39, 0.29) is 29.1 Å². The summed E-state index contributed by atoms with van der Waals surface area (Å²) in [5, 5.41) is 9.16. The number of methoxy groups -OCH3 is 1. The van der Waals surface area contributed by atoms with Crippen molar-refractivity contribution in [2.75, 3.05) is 12.4 Å². The van der Waals surface area contributed by atoms with Crippen molar-refractivity contribution in [1.82, 2.24) is 15.1 Å². The van der Waals surface area contributed by atoms with Gasteiger partial charge in [-0.3, -0.25) is 14.3 Å². The fraction of sp³-hybridized carbons (Fsp3) is 0.150. The first-order valence-electron chi connectivity index (χ1n) is 8.59. The van der Waals surface area contributed by atoms with E-state index in [9.17, 15) is 18.4 Å². The Bertz CT molecular complexity index is 1030. The number of hydrogen-bond donors (Lipinski definition) is 2. The number of halogens is 2. The van der Waals surface area contributed by atoms with Gasteiger partial charge in [0.05, 0.1) is 7.11 Å². The van der Waals surface area contributed by atoms with Gasteiger partial charge in [-0.05, 0) is 36.4 Å². The highest BCUT2D eigenvalue weighted by Gasteiger charge is 2.17. The van der Waals surface area contributed by atoms with E-state index in [1.54, 1.807) is 19.2 Å². The molecule has 3 rings (SSSR count). The van der Waals surface area contributed by atoms with Crippen molar-refractivity contribution in [2.45, 2.75) is 6.54 Å². The minimum Gasteiger partial charge on any atom is -0.479 e. The molecule has 150 valence electrons. The molecule has 0 radical (unpaired) electrons. The minimum atomic E-state index is -0.728. The summed E-state index contributed by atoms with van der Waals surface area (Å²) >= 11 is 0. The lowest BCUT2D eigenvalue weighted by molar-refractivity contribution is 0.0949. The van der Waals surface area contributed by atoms with Gasteiger partial charge in [-0.2, -0.15) is 0 Å². The second kappa shape index (κ2) is 8.51. The van der Waals surface area contributed by atoms with Gasteiger partial charge in [0.1, 0.15) is 17.2 Å². The van der Waals surface area contributed by atoms with Crippen LogP contribution in [0.3, 0.4) is 0 Å². The molecule has 0 saturated heterocycles. The maximum absolute atomic E-state index is 13.6. The minimum absolute atomic E-state index is 0.196. The molecule has 7 nitrogen and oxygen atoms in total. The molecule has 0 fully saturated rings. The molecule has 2 N–H and O–H groups in total. The maximum Gasteiger partial charge on any atom is 0.262 e. The topological polar surface area (TPSA) is 85.2 Å². The zero-order chi connectivity index (χ0) is 21.0. The standard InChI is InChI=1S/C20H18F2N4O3/c1-26-11-15(20(25-26)29-2)19(28)24-13-8-6-12(7-9-13)18(27)23-10-14-16(21)4-3-5-17(14)22/h3-9,11H,10H2,1-2H3,(H,23,27)(H,24,28). The molecule has 2 amide bonds. The lowest BCUT2D eigenvalue weighted by Gasteiger charge is -2.09. The number of ether oxygens (including phenoxy) is 1. The van der Waals surface area contributed by atoms with Crippen LogP contribution in [0, 0.1) is 11.6 Å². The number of carbonyl (C=O) groups excluding carboxylic acids is 2. The molecule has 2 aromatic carbocycles. The summed E-state index contributed by atoms with van der Waals surface area (Å²) in [5.74, 6) is -2.17. The molecular weight excluding hydrogens is 382 g/mol. The van der Waals surface area contributed by atoms with E-state index in [2.05, 4.69) is 15.7 Å². The number of carbonyl (C=O) groups is 2. The predicted octanol–water partition coefficient (Wildman–Crippen LogP) is 2.89. The van der Waals surface area contributed by atoms with Gasteiger partial charge < -0.3 is 15.4 Å². The van der Waals surface area contributed by atoms with Gasteiger partial charge in [0.2, 0.25) is 5.88 Å². The number of nitrogens with one attached hydrogen (secondary N) is 2. The van der Waals surface area contributed by atoms with Crippen LogP contribution in [0.25, 0.3) is 0 Å². The van der Waals surface area contributed by atoms with E-state index < -0.39 is 23.4 Å². The second-order valence-electron chi connectivity index (χ2n) is 6.14. The zero-order valence-corrected chi connectivity index (χ0v) is 15.7. The van der Waals surface area contributed by atoms with Crippen LogP contribution in [-0.4, -0.2) is 28.7 Å². The van der Waals surface area contributed by atoms with Gasteiger partial charge in [0, 0.05) is 36.6 Å². The van der Waals surface area contributed by atoms with Gasteiger partial charge in [-0.15, -0.1) is 5.10 Å². The third-order valence-corrected chi connectivity index (χ3v) is 4.13. The van der Waals surface area contributed by atoms with E-state index in [4.69, 9.17) is 4.74 Å². The van der Waals surface area contributed by atoms with Crippen molar-refractivity contribution in [3.63, 3.8) is 0 Å². The fourth-order valence-corrected chi connectivity index (χ4v) is 2.65. The van der Waals surface area contributed by atoms with Crippen molar-refractivity contribution < 1.29 is 23.1 Å². The van der Waals surface area contributed by atoms with E-state index in [1.807, 2.05) is 0 Å². The fourth-order valence-electron chi connectivity index (χ4n) is 2.65. The second-order valence-corrected chi connectivity index (χ2v) is 6.14. The lowest BCUT2D eigenvalue weighted by Crippen LogP contribution is -2.24. The van der Waals surface area contributed by atoms with Crippen molar-refractivity contribution in [3.8, 4) is 5.88 Å². The molecule has 0 atom stereocenters. The Morgan fingerprint density at radius 1 is 1.07 bits per heavy atom. The van der Waals surface area contributed by atoms with Gasteiger partial charge in [0.15, 0.2) is 0 Å². The highest BCUT2D eigenvalue weighted by Crippen LogP contribution is 2.18. The molecule has 0 unspecified atom stereocenters. The van der Waals surface area contributed by atoms with Crippen LogP contribution in [-0.2, 0) is 13.6 Å². The van der Waals surface area contributed by atoms with Crippen LogP contribution in [0.4, 0.5) is 14.5 Å². The van der Waals surface area contributed by atoms with Crippen LogP contribution in [0.15, 0.2) is 48.7 Å². The largest absolute Gasteiger partial charge is 0.479 e. The monoisotopic (exact) mass is 400 g/mol. The average Bonchev–Trinajstić information content (AvgIpc) is 3.09. The number of benzene rings is 2. The highest BCUT2D eigenvalue weighted by molar-refractivity contribution is 6.06. The molecule has 9 heteroatoms. The smallest absolute Gasteiger partial charge is 0.262 e. The quantitative estimate of drug-likeness (QED) is 0.666. The molecule has 29 heavy (non-hydrogen) atoms. The predicted molar refractivity (Wildman–Crippen MR) is 102 cm³/mol. The number of hydrogen-bond acceptors (Lipinski definition) is 4. The molecular formula is C20H18F2N4O3. The molecule has 1 heterocycles. The first kappa shape index (κ1) is 20.0. The average molecular weight is 400 g/mol. The summed E-state index contributed by atoms with van der Waals surface area (Å²) in [6, 6.07) is 9.56. The van der Waals surface area contributed by atoms with Crippen LogP contribution in [0.5, 0.6) is 5.88 Å². The Labute approximate surface area is 165 Å². The zero-order valence-electron chi connectivity index (χ0n) is 15.7. The summed E-state index contributed by atoms with van der Waals surface area (Å²) in [7, 11) is 3.08. The van der Waals surface area contributed by atoms with Gasteiger partial charge in [-0.1, -0.05) is 6.07 Å². The number of rotatable bonds is 6. The van der Waals surface area contributed by atoms with E-state index in [0.29, 0.717) is 5.69 Å². The van der Waals surface area contributed by atoms with Gasteiger partial charge in [-0.25, -0.2) is 8.78 Å². The van der Waals surface area contributed by atoms with Crippen LogP contribution >= 0.6 is 0 Å². The summed E-state index contributed by atoms with van der Waals surface area (Å²) in [6.07, 6.45) is 1.53.